The Morgan fingerprint density at radius 3 is 2.59 bits per heavy atom. The third-order valence-corrected chi connectivity index (χ3v) is 3.20. The van der Waals surface area contributed by atoms with Crippen LogP contribution >= 0.6 is 0 Å². The SMILES string of the molecule is CCC(N)C(C)(CC(=O)O)c1nccnc1C. The van der Waals surface area contributed by atoms with Crippen LogP contribution in [-0.4, -0.2) is 27.1 Å². The van der Waals surface area contributed by atoms with Crippen LogP contribution in [0.4, 0.5) is 0 Å². The van der Waals surface area contributed by atoms with Gasteiger partial charge in [0, 0.05) is 23.9 Å². The smallest absolute Gasteiger partial charge is 0.304 e. The van der Waals surface area contributed by atoms with Gasteiger partial charge in [-0.25, -0.2) is 0 Å². The summed E-state index contributed by atoms with van der Waals surface area (Å²) in [5.74, 6) is -0.874. The highest BCUT2D eigenvalue weighted by molar-refractivity contribution is 5.69. The number of nitrogens with two attached hydrogens (primary N) is 1. The molecule has 0 amide bonds. The van der Waals surface area contributed by atoms with E-state index >= 15 is 0 Å². The van der Waals surface area contributed by atoms with Gasteiger partial charge >= 0.3 is 5.97 Å². The average molecular weight is 237 g/mol. The van der Waals surface area contributed by atoms with Crippen LogP contribution in [-0.2, 0) is 10.2 Å². The van der Waals surface area contributed by atoms with Crippen molar-refractivity contribution in [3.05, 3.63) is 23.8 Å². The lowest BCUT2D eigenvalue weighted by atomic mass is 9.74. The van der Waals surface area contributed by atoms with Crippen molar-refractivity contribution in [2.75, 3.05) is 0 Å². The van der Waals surface area contributed by atoms with Crippen LogP contribution in [0.25, 0.3) is 0 Å². The van der Waals surface area contributed by atoms with Crippen LogP contribution in [0.1, 0.15) is 38.1 Å². The van der Waals surface area contributed by atoms with Crippen molar-refractivity contribution in [1.82, 2.24) is 9.97 Å². The topological polar surface area (TPSA) is 89.1 Å². The first-order valence-electron chi connectivity index (χ1n) is 5.67. The molecule has 0 aliphatic heterocycles. The minimum absolute atomic E-state index is 0.0401. The molecule has 0 radical (unpaired) electrons. The van der Waals surface area contributed by atoms with Gasteiger partial charge in [-0.2, -0.15) is 0 Å². The van der Waals surface area contributed by atoms with Crippen molar-refractivity contribution in [3.8, 4) is 0 Å². The number of carboxylic acid groups (broad SMARTS) is 1. The van der Waals surface area contributed by atoms with Crippen molar-refractivity contribution in [2.45, 2.75) is 45.1 Å². The van der Waals surface area contributed by atoms with E-state index in [2.05, 4.69) is 9.97 Å². The monoisotopic (exact) mass is 237 g/mol. The Labute approximate surface area is 101 Å². The van der Waals surface area contributed by atoms with Crippen molar-refractivity contribution in [2.24, 2.45) is 5.73 Å². The summed E-state index contributed by atoms with van der Waals surface area (Å²) in [5, 5.41) is 9.04. The number of carboxylic acids is 1. The summed E-state index contributed by atoms with van der Waals surface area (Å²) in [6.45, 7) is 5.60. The van der Waals surface area contributed by atoms with Gasteiger partial charge in [0.05, 0.1) is 17.8 Å². The summed E-state index contributed by atoms with van der Waals surface area (Å²) >= 11 is 0. The Morgan fingerprint density at radius 1 is 1.53 bits per heavy atom. The second-order valence-corrected chi connectivity index (χ2v) is 4.49. The van der Waals surface area contributed by atoms with Crippen molar-refractivity contribution >= 4 is 5.97 Å². The van der Waals surface area contributed by atoms with E-state index in [1.54, 1.807) is 12.4 Å². The van der Waals surface area contributed by atoms with Gasteiger partial charge in [0.1, 0.15) is 0 Å². The number of aryl methyl sites for hydroxylation is 1. The molecule has 2 unspecified atom stereocenters. The number of aliphatic carboxylic acids is 1. The fourth-order valence-electron chi connectivity index (χ4n) is 2.12. The van der Waals surface area contributed by atoms with Crippen LogP contribution < -0.4 is 5.73 Å². The minimum atomic E-state index is -0.874. The zero-order chi connectivity index (χ0) is 13.1. The molecular weight excluding hydrogens is 218 g/mol. The molecule has 17 heavy (non-hydrogen) atoms. The number of nitrogens with zero attached hydrogens (tertiary/aromatic N) is 2. The largest absolute Gasteiger partial charge is 0.481 e. The maximum Gasteiger partial charge on any atom is 0.304 e. The Hall–Kier alpha value is -1.49. The number of carbonyl (C=O) groups is 1. The van der Waals surface area contributed by atoms with Crippen molar-refractivity contribution in [1.29, 1.82) is 0 Å². The Balaban J connectivity index is 3.23. The number of hydrogen-bond acceptors (Lipinski definition) is 4. The standard InChI is InChI=1S/C12H19N3O2/c1-4-9(13)12(3,7-10(16)17)11-8(2)14-5-6-15-11/h5-6,9H,4,7,13H2,1-3H3,(H,16,17). The zero-order valence-corrected chi connectivity index (χ0v) is 10.5. The van der Waals surface area contributed by atoms with E-state index < -0.39 is 11.4 Å². The van der Waals surface area contributed by atoms with Crippen LogP contribution in [0.2, 0.25) is 0 Å². The molecule has 5 nitrogen and oxygen atoms in total. The second kappa shape index (κ2) is 5.23. The lowest BCUT2D eigenvalue weighted by Gasteiger charge is -2.33. The highest BCUT2D eigenvalue weighted by Gasteiger charge is 2.37. The van der Waals surface area contributed by atoms with E-state index in [9.17, 15) is 4.79 Å². The molecule has 3 N–H and O–H groups in total. The lowest BCUT2D eigenvalue weighted by molar-refractivity contribution is -0.138. The quantitative estimate of drug-likeness (QED) is 0.804. The normalized spacial score (nSPS) is 16.2. The molecule has 0 aliphatic carbocycles. The van der Waals surface area contributed by atoms with Crippen LogP contribution in [0, 0.1) is 6.92 Å². The summed E-state index contributed by atoms with van der Waals surface area (Å²) in [6, 6.07) is -0.256. The van der Waals surface area contributed by atoms with Crippen LogP contribution in [0.5, 0.6) is 0 Å². The molecule has 0 spiro atoms. The van der Waals surface area contributed by atoms with E-state index in [1.807, 2.05) is 20.8 Å². The van der Waals surface area contributed by atoms with Gasteiger partial charge < -0.3 is 10.8 Å². The van der Waals surface area contributed by atoms with Gasteiger partial charge in [-0.15, -0.1) is 0 Å². The molecule has 1 rings (SSSR count). The van der Waals surface area contributed by atoms with Crippen LogP contribution in [0.3, 0.4) is 0 Å². The Kier molecular flexibility index (Phi) is 4.17. The molecule has 0 saturated carbocycles. The number of aromatic nitrogens is 2. The fraction of sp³-hybridized carbons (Fsp3) is 0.583. The summed E-state index contributed by atoms with van der Waals surface area (Å²) in [6.07, 6.45) is 3.82. The summed E-state index contributed by atoms with van der Waals surface area (Å²) in [4.78, 5) is 19.4. The minimum Gasteiger partial charge on any atom is -0.481 e. The van der Waals surface area contributed by atoms with Crippen molar-refractivity contribution < 1.29 is 9.90 Å². The molecule has 1 heterocycles. The molecule has 1 aromatic heterocycles. The molecule has 2 atom stereocenters. The maximum absolute atomic E-state index is 11.0. The first-order valence-corrected chi connectivity index (χ1v) is 5.67. The third-order valence-electron chi connectivity index (χ3n) is 3.20. The maximum atomic E-state index is 11.0. The first kappa shape index (κ1) is 13.6. The molecule has 1 aromatic rings. The lowest BCUT2D eigenvalue weighted by Crippen LogP contribution is -2.45. The van der Waals surface area contributed by atoms with E-state index in [0.717, 1.165) is 5.69 Å². The van der Waals surface area contributed by atoms with Gasteiger partial charge in [-0.05, 0) is 13.3 Å². The van der Waals surface area contributed by atoms with E-state index in [0.29, 0.717) is 12.1 Å². The van der Waals surface area contributed by atoms with Gasteiger partial charge in [-0.3, -0.25) is 14.8 Å². The predicted octanol–water partition coefficient (Wildman–Crippen LogP) is 1.25. The van der Waals surface area contributed by atoms with Crippen LogP contribution in [0.15, 0.2) is 12.4 Å². The highest BCUT2D eigenvalue weighted by atomic mass is 16.4. The van der Waals surface area contributed by atoms with E-state index in [4.69, 9.17) is 10.8 Å². The Bertz CT molecular complexity index is 408. The zero-order valence-electron chi connectivity index (χ0n) is 10.5. The molecule has 5 heteroatoms. The molecule has 0 bridgehead atoms. The third kappa shape index (κ3) is 2.79. The number of rotatable bonds is 5. The fourth-order valence-corrected chi connectivity index (χ4v) is 2.12. The summed E-state index contributed by atoms with van der Waals surface area (Å²) in [7, 11) is 0. The number of hydrogen-bond donors (Lipinski definition) is 2. The molecule has 0 aliphatic rings. The van der Waals surface area contributed by atoms with E-state index in [-0.39, 0.29) is 12.5 Å². The molecule has 0 aromatic carbocycles. The van der Waals surface area contributed by atoms with Gasteiger partial charge in [0.25, 0.3) is 0 Å². The van der Waals surface area contributed by atoms with Gasteiger partial charge in [-0.1, -0.05) is 13.8 Å². The van der Waals surface area contributed by atoms with Crippen molar-refractivity contribution in [3.63, 3.8) is 0 Å². The molecular formula is C12H19N3O2. The molecule has 94 valence electrons. The Morgan fingerprint density at radius 2 is 2.12 bits per heavy atom. The average Bonchev–Trinajstić information content (AvgIpc) is 2.27. The summed E-state index contributed by atoms with van der Waals surface area (Å²) < 4.78 is 0. The van der Waals surface area contributed by atoms with Gasteiger partial charge in [0.2, 0.25) is 0 Å². The summed E-state index contributed by atoms with van der Waals surface area (Å²) in [5.41, 5.74) is 6.80. The van der Waals surface area contributed by atoms with Gasteiger partial charge in [0.15, 0.2) is 0 Å². The highest BCUT2D eigenvalue weighted by Crippen LogP contribution is 2.31. The predicted molar refractivity (Wildman–Crippen MR) is 64.6 cm³/mol. The second-order valence-electron chi connectivity index (χ2n) is 4.49. The van der Waals surface area contributed by atoms with E-state index in [1.165, 1.54) is 0 Å². The molecule has 0 fully saturated rings. The molecule has 0 saturated heterocycles. The first-order chi connectivity index (χ1) is 7.91.